The summed E-state index contributed by atoms with van der Waals surface area (Å²) in [5.41, 5.74) is 6.15. The Labute approximate surface area is 87.4 Å². The molecule has 0 fully saturated rings. The molecule has 0 saturated heterocycles. The predicted octanol–water partition coefficient (Wildman–Crippen LogP) is 2.08. The van der Waals surface area contributed by atoms with Gasteiger partial charge in [-0.3, -0.25) is 5.41 Å². The number of guanidine groups is 1. The molecule has 1 aliphatic rings. The van der Waals surface area contributed by atoms with E-state index in [1.807, 2.05) is 12.2 Å². The molecule has 0 aromatic rings. The quantitative estimate of drug-likeness (QED) is 0.497. The molecule has 4 N–H and O–H groups in total. The van der Waals surface area contributed by atoms with Crippen LogP contribution in [0.1, 0.15) is 19.3 Å². The van der Waals surface area contributed by atoms with Crippen LogP contribution in [0.25, 0.3) is 0 Å². The zero-order valence-electron chi connectivity index (χ0n) is 7.85. The average molecular weight is 215 g/mol. The summed E-state index contributed by atoms with van der Waals surface area (Å²) < 4.78 is 12.4. The standard InChI is InChI=1S/C9H14FN3S/c10-14-8-4-2-1-3-7(8)5-6-13-9(11)12/h3-4H,1-2,5-6H2,(H4,11,12,13). The summed E-state index contributed by atoms with van der Waals surface area (Å²) in [5.74, 6) is -0.0418. The highest BCUT2D eigenvalue weighted by molar-refractivity contribution is 7.98. The lowest BCUT2D eigenvalue weighted by Gasteiger charge is -2.12. The monoisotopic (exact) mass is 215 g/mol. The van der Waals surface area contributed by atoms with Gasteiger partial charge >= 0.3 is 0 Å². The first-order chi connectivity index (χ1) is 6.74. The summed E-state index contributed by atoms with van der Waals surface area (Å²) in [6, 6.07) is 0. The summed E-state index contributed by atoms with van der Waals surface area (Å²) in [5, 5.41) is 9.66. The molecular formula is C9H14FN3S. The van der Waals surface area contributed by atoms with Gasteiger partial charge in [0.25, 0.3) is 0 Å². The van der Waals surface area contributed by atoms with Crippen LogP contribution in [0.5, 0.6) is 0 Å². The molecule has 14 heavy (non-hydrogen) atoms. The molecule has 0 saturated carbocycles. The molecule has 0 heterocycles. The maximum atomic E-state index is 12.4. The van der Waals surface area contributed by atoms with Crippen LogP contribution < -0.4 is 11.1 Å². The lowest BCUT2D eigenvalue weighted by Crippen LogP contribution is -2.31. The van der Waals surface area contributed by atoms with Gasteiger partial charge in [0.1, 0.15) is 0 Å². The summed E-state index contributed by atoms with van der Waals surface area (Å²) >= 11 is 0.293. The Kier molecular flexibility index (Phi) is 4.52. The second-order valence-electron chi connectivity index (χ2n) is 3.04. The van der Waals surface area contributed by atoms with Crippen molar-refractivity contribution in [2.24, 2.45) is 5.73 Å². The number of allylic oxidation sites excluding steroid dienone is 3. The fraction of sp³-hybridized carbons (Fsp3) is 0.444. The van der Waals surface area contributed by atoms with E-state index in [1.165, 1.54) is 0 Å². The minimum atomic E-state index is -0.0418. The third-order valence-electron chi connectivity index (χ3n) is 2.00. The minimum Gasteiger partial charge on any atom is -0.370 e. The van der Waals surface area contributed by atoms with E-state index >= 15 is 0 Å². The second-order valence-corrected chi connectivity index (χ2v) is 3.64. The first kappa shape index (κ1) is 11.1. The molecule has 3 nitrogen and oxygen atoms in total. The molecule has 0 radical (unpaired) electrons. The molecule has 0 aromatic heterocycles. The van der Waals surface area contributed by atoms with E-state index in [4.69, 9.17) is 11.1 Å². The Balaban J connectivity index is 2.39. The van der Waals surface area contributed by atoms with Crippen molar-refractivity contribution in [3.63, 3.8) is 0 Å². The van der Waals surface area contributed by atoms with Crippen molar-refractivity contribution in [3.05, 3.63) is 22.6 Å². The maximum Gasteiger partial charge on any atom is 0.185 e. The van der Waals surface area contributed by atoms with E-state index in [0.29, 0.717) is 30.0 Å². The highest BCUT2D eigenvalue weighted by Gasteiger charge is 2.09. The van der Waals surface area contributed by atoms with E-state index in [-0.39, 0.29) is 5.96 Å². The van der Waals surface area contributed by atoms with Crippen LogP contribution >= 0.6 is 12.1 Å². The first-order valence-electron chi connectivity index (χ1n) is 4.50. The SMILES string of the molecule is N=C(N)NCCC1=CCCC=C1SF. The van der Waals surface area contributed by atoms with Gasteiger partial charge in [-0.1, -0.05) is 12.2 Å². The molecule has 5 heteroatoms. The Bertz CT molecular complexity index is 273. The van der Waals surface area contributed by atoms with Crippen LogP contribution in [0.15, 0.2) is 22.6 Å². The predicted molar refractivity (Wildman–Crippen MR) is 58.6 cm³/mol. The van der Waals surface area contributed by atoms with Crippen molar-refractivity contribution in [1.82, 2.24) is 5.32 Å². The maximum absolute atomic E-state index is 12.4. The minimum absolute atomic E-state index is 0.0418. The fourth-order valence-corrected chi connectivity index (χ4v) is 1.81. The van der Waals surface area contributed by atoms with Crippen molar-refractivity contribution in [2.75, 3.05) is 6.54 Å². The molecule has 78 valence electrons. The van der Waals surface area contributed by atoms with Gasteiger partial charge in [0.05, 0.1) is 12.1 Å². The second kappa shape index (κ2) is 5.70. The van der Waals surface area contributed by atoms with Crippen LogP contribution in [0.2, 0.25) is 0 Å². The lowest BCUT2D eigenvalue weighted by atomic mass is 10.0. The Morgan fingerprint density at radius 1 is 1.57 bits per heavy atom. The van der Waals surface area contributed by atoms with Gasteiger partial charge in [0, 0.05) is 11.4 Å². The lowest BCUT2D eigenvalue weighted by molar-refractivity contribution is 0.837. The molecule has 0 bridgehead atoms. The number of hydrogen-bond donors (Lipinski definition) is 3. The topological polar surface area (TPSA) is 61.9 Å². The van der Waals surface area contributed by atoms with E-state index in [0.717, 1.165) is 18.4 Å². The fourth-order valence-electron chi connectivity index (χ4n) is 1.34. The van der Waals surface area contributed by atoms with Gasteiger partial charge in [-0.05, 0) is 24.8 Å². The van der Waals surface area contributed by atoms with Gasteiger partial charge in [0.15, 0.2) is 5.96 Å². The number of halogens is 1. The van der Waals surface area contributed by atoms with Gasteiger partial charge in [-0.15, -0.1) is 0 Å². The largest absolute Gasteiger partial charge is 0.370 e. The van der Waals surface area contributed by atoms with E-state index in [9.17, 15) is 3.89 Å². The van der Waals surface area contributed by atoms with Gasteiger partial charge in [0.2, 0.25) is 0 Å². The van der Waals surface area contributed by atoms with Crippen LogP contribution in [0.3, 0.4) is 0 Å². The average Bonchev–Trinajstić information content (AvgIpc) is 2.18. The Morgan fingerprint density at radius 2 is 2.29 bits per heavy atom. The molecule has 0 atom stereocenters. The molecule has 1 rings (SSSR count). The van der Waals surface area contributed by atoms with Crippen molar-refractivity contribution >= 4 is 18.1 Å². The van der Waals surface area contributed by atoms with Crippen molar-refractivity contribution in [2.45, 2.75) is 19.3 Å². The van der Waals surface area contributed by atoms with Crippen LogP contribution in [0.4, 0.5) is 3.89 Å². The highest BCUT2D eigenvalue weighted by Crippen LogP contribution is 2.31. The molecular weight excluding hydrogens is 201 g/mol. The normalized spacial score (nSPS) is 15.8. The third-order valence-corrected chi connectivity index (χ3v) is 2.59. The van der Waals surface area contributed by atoms with Crippen molar-refractivity contribution in [1.29, 1.82) is 5.41 Å². The zero-order chi connectivity index (χ0) is 10.4. The van der Waals surface area contributed by atoms with E-state index in [2.05, 4.69) is 5.32 Å². The summed E-state index contributed by atoms with van der Waals surface area (Å²) in [7, 11) is 0. The molecule has 0 amide bonds. The number of rotatable bonds is 4. The van der Waals surface area contributed by atoms with Crippen molar-refractivity contribution < 1.29 is 3.89 Å². The van der Waals surface area contributed by atoms with Gasteiger partial charge in [-0.2, -0.15) is 3.89 Å². The van der Waals surface area contributed by atoms with E-state index < -0.39 is 0 Å². The molecule has 0 spiro atoms. The number of nitrogens with one attached hydrogen (secondary N) is 2. The molecule has 1 aliphatic carbocycles. The van der Waals surface area contributed by atoms with Crippen LogP contribution in [0, 0.1) is 5.41 Å². The molecule has 0 unspecified atom stereocenters. The third kappa shape index (κ3) is 3.41. The number of nitrogens with two attached hydrogens (primary N) is 1. The Hall–Kier alpha value is -0.970. The molecule has 0 aromatic carbocycles. The summed E-state index contributed by atoms with van der Waals surface area (Å²) in [6.07, 6.45) is 6.55. The van der Waals surface area contributed by atoms with Crippen molar-refractivity contribution in [3.8, 4) is 0 Å². The van der Waals surface area contributed by atoms with Crippen LogP contribution in [-0.2, 0) is 0 Å². The van der Waals surface area contributed by atoms with Gasteiger partial charge < -0.3 is 11.1 Å². The smallest absolute Gasteiger partial charge is 0.185 e. The summed E-state index contributed by atoms with van der Waals surface area (Å²) in [6.45, 7) is 0.582. The summed E-state index contributed by atoms with van der Waals surface area (Å²) in [4.78, 5) is 0.710. The first-order valence-corrected chi connectivity index (χ1v) is 5.21. The van der Waals surface area contributed by atoms with E-state index in [1.54, 1.807) is 0 Å². The Morgan fingerprint density at radius 3 is 2.93 bits per heavy atom. The van der Waals surface area contributed by atoms with Crippen LogP contribution in [-0.4, -0.2) is 12.5 Å². The zero-order valence-corrected chi connectivity index (χ0v) is 8.66. The molecule has 0 aliphatic heterocycles. The van der Waals surface area contributed by atoms with Gasteiger partial charge in [-0.25, -0.2) is 0 Å². The number of hydrogen-bond acceptors (Lipinski definition) is 2. The highest BCUT2D eigenvalue weighted by atomic mass is 32.2.